The topological polar surface area (TPSA) is 21.3 Å². The molecule has 1 unspecified atom stereocenters. The van der Waals surface area contributed by atoms with E-state index < -0.39 is 0 Å². The van der Waals surface area contributed by atoms with Crippen molar-refractivity contribution in [1.29, 1.82) is 0 Å². The molecule has 0 aromatic heterocycles. The van der Waals surface area contributed by atoms with Crippen LogP contribution in [0, 0.1) is 0 Å². The molecule has 2 heteroatoms. The Labute approximate surface area is 137 Å². The Hall–Kier alpha value is -1.02. The zero-order valence-corrected chi connectivity index (χ0v) is 14.9. The maximum atomic E-state index is 5.83. The molecule has 126 valence electrons. The second-order valence-corrected chi connectivity index (χ2v) is 6.10. The maximum absolute atomic E-state index is 5.83. The summed E-state index contributed by atoms with van der Waals surface area (Å²) in [5.41, 5.74) is 1.37. The quantitative estimate of drug-likeness (QED) is 0.460. The average molecular weight is 306 g/mol. The molecule has 1 aromatic carbocycles. The van der Waals surface area contributed by atoms with Crippen molar-refractivity contribution in [2.45, 2.75) is 78.2 Å². The van der Waals surface area contributed by atoms with Gasteiger partial charge in [0.15, 0.2) is 0 Å². The molecule has 0 heterocycles. The SMILES string of the molecule is CCCCCCCOc1ccc(C(CC)NCCCC)cc1. The molecule has 0 spiro atoms. The van der Waals surface area contributed by atoms with Gasteiger partial charge in [0.25, 0.3) is 0 Å². The van der Waals surface area contributed by atoms with E-state index in [0.29, 0.717) is 6.04 Å². The molecule has 0 aliphatic rings. The first-order valence-corrected chi connectivity index (χ1v) is 9.27. The number of unbranched alkanes of at least 4 members (excludes halogenated alkanes) is 5. The fraction of sp³-hybridized carbons (Fsp3) is 0.700. The third-order valence-electron chi connectivity index (χ3n) is 4.13. The average Bonchev–Trinajstić information content (AvgIpc) is 2.56. The van der Waals surface area contributed by atoms with Crippen LogP contribution in [0.5, 0.6) is 5.75 Å². The van der Waals surface area contributed by atoms with Crippen LogP contribution in [-0.4, -0.2) is 13.2 Å². The summed E-state index contributed by atoms with van der Waals surface area (Å²) in [6, 6.07) is 9.12. The van der Waals surface area contributed by atoms with Gasteiger partial charge in [-0.25, -0.2) is 0 Å². The number of nitrogens with one attached hydrogen (secondary N) is 1. The number of hydrogen-bond acceptors (Lipinski definition) is 2. The third kappa shape index (κ3) is 7.84. The van der Waals surface area contributed by atoms with E-state index in [1.807, 2.05) is 0 Å². The van der Waals surface area contributed by atoms with Crippen LogP contribution in [0.25, 0.3) is 0 Å². The van der Waals surface area contributed by atoms with E-state index in [-0.39, 0.29) is 0 Å². The van der Waals surface area contributed by atoms with Crippen LogP contribution in [-0.2, 0) is 0 Å². The Morgan fingerprint density at radius 3 is 2.18 bits per heavy atom. The summed E-state index contributed by atoms with van der Waals surface area (Å²) in [4.78, 5) is 0. The largest absolute Gasteiger partial charge is 0.494 e. The lowest BCUT2D eigenvalue weighted by atomic mass is 10.0. The first-order valence-electron chi connectivity index (χ1n) is 9.27. The highest BCUT2D eigenvalue weighted by Crippen LogP contribution is 2.20. The van der Waals surface area contributed by atoms with Gasteiger partial charge in [0.05, 0.1) is 6.61 Å². The second-order valence-electron chi connectivity index (χ2n) is 6.10. The molecule has 22 heavy (non-hydrogen) atoms. The van der Waals surface area contributed by atoms with Gasteiger partial charge >= 0.3 is 0 Å². The van der Waals surface area contributed by atoms with Crippen LogP contribution in [0.1, 0.15) is 83.7 Å². The van der Waals surface area contributed by atoms with Crippen molar-refractivity contribution in [3.05, 3.63) is 29.8 Å². The van der Waals surface area contributed by atoms with Gasteiger partial charge in [0, 0.05) is 6.04 Å². The van der Waals surface area contributed by atoms with Crippen molar-refractivity contribution in [2.24, 2.45) is 0 Å². The Morgan fingerprint density at radius 1 is 0.864 bits per heavy atom. The highest BCUT2D eigenvalue weighted by atomic mass is 16.5. The minimum absolute atomic E-state index is 0.467. The number of hydrogen-bond donors (Lipinski definition) is 1. The minimum atomic E-state index is 0.467. The molecule has 1 rings (SSSR count). The van der Waals surface area contributed by atoms with Crippen LogP contribution in [0.2, 0.25) is 0 Å². The predicted molar refractivity (Wildman–Crippen MR) is 96.6 cm³/mol. The molecule has 2 nitrogen and oxygen atoms in total. The van der Waals surface area contributed by atoms with Crippen LogP contribution in [0.4, 0.5) is 0 Å². The molecule has 0 radical (unpaired) electrons. The van der Waals surface area contributed by atoms with E-state index in [2.05, 4.69) is 50.4 Å². The standard InChI is InChI=1S/C20H35NO/c1-4-7-9-10-11-17-22-19-14-12-18(13-15-19)20(6-3)21-16-8-5-2/h12-15,20-21H,4-11,16-17H2,1-3H3. The lowest BCUT2D eigenvalue weighted by Crippen LogP contribution is -2.21. The van der Waals surface area contributed by atoms with Gasteiger partial charge in [-0.15, -0.1) is 0 Å². The molecule has 0 saturated carbocycles. The van der Waals surface area contributed by atoms with Gasteiger partial charge in [-0.05, 0) is 43.5 Å². The van der Waals surface area contributed by atoms with E-state index in [1.165, 1.54) is 44.1 Å². The van der Waals surface area contributed by atoms with Crippen molar-refractivity contribution in [1.82, 2.24) is 5.32 Å². The molecular weight excluding hydrogens is 270 g/mol. The summed E-state index contributed by atoms with van der Waals surface area (Å²) < 4.78 is 5.83. The number of ether oxygens (including phenoxy) is 1. The van der Waals surface area contributed by atoms with E-state index in [1.54, 1.807) is 0 Å². The second kappa shape index (κ2) is 12.5. The molecule has 0 aliphatic carbocycles. The molecule has 0 fully saturated rings. The summed E-state index contributed by atoms with van der Waals surface area (Å²) >= 11 is 0. The van der Waals surface area contributed by atoms with Gasteiger partial charge in [0.1, 0.15) is 5.75 Å². The van der Waals surface area contributed by atoms with Gasteiger partial charge in [0.2, 0.25) is 0 Å². The van der Waals surface area contributed by atoms with Gasteiger partial charge in [-0.3, -0.25) is 0 Å². The Morgan fingerprint density at radius 2 is 1.55 bits per heavy atom. The molecule has 1 atom stereocenters. The molecule has 0 bridgehead atoms. The monoisotopic (exact) mass is 305 g/mol. The summed E-state index contributed by atoms with van der Waals surface area (Å²) in [6.45, 7) is 8.67. The molecule has 1 N–H and O–H groups in total. The smallest absolute Gasteiger partial charge is 0.119 e. The van der Waals surface area contributed by atoms with Crippen molar-refractivity contribution < 1.29 is 4.74 Å². The van der Waals surface area contributed by atoms with Crippen molar-refractivity contribution >= 4 is 0 Å². The maximum Gasteiger partial charge on any atom is 0.119 e. The molecule has 0 amide bonds. The molecular formula is C20H35NO. The summed E-state index contributed by atoms with van der Waals surface area (Å²) in [5, 5.41) is 3.64. The first-order chi connectivity index (χ1) is 10.8. The van der Waals surface area contributed by atoms with Crippen LogP contribution >= 0.6 is 0 Å². The van der Waals surface area contributed by atoms with Crippen molar-refractivity contribution in [3.63, 3.8) is 0 Å². The summed E-state index contributed by atoms with van der Waals surface area (Å²) in [7, 11) is 0. The zero-order valence-electron chi connectivity index (χ0n) is 14.9. The van der Waals surface area contributed by atoms with Crippen molar-refractivity contribution in [2.75, 3.05) is 13.2 Å². The fourth-order valence-electron chi connectivity index (χ4n) is 2.64. The summed E-state index contributed by atoms with van der Waals surface area (Å²) in [6.07, 6.45) is 10.0. The first kappa shape index (κ1) is 19.0. The van der Waals surface area contributed by atoms with E-state index in [4.69, 9.17) is 4.74 Å². The number of benzene rings is 1. The van der Waals surface area contributed by atoms with Gasteiger partial charge in [-0.1, -0.05) is 65.0 Å². The van der Waals surface area contributed by atoms with Crippen LogP contribution in [0.15, 0.2) is 24.3 Å². The number of rotatable bonds is 13. The third-order valence-corrected chi connectivity index (χ3v) is 4.13. The zero-order chi connectivity index (χ0) is 16.0. The fourth-order valence-corrected chi connectivity index (χ4v) is 2.64. The van der Waals surface area contributed by atoms with E-state index >= 15 is 0 Å². The van der Waals surface area contributed by atoms with Crippen LogP contribution in [0.3, 0.4) is 0 Å². The molecule has 0 aliphatic heterocycles. The van der Waals surface area contributed by atoms with Crippen LogP contribution < -0.4 is 10.1 Å². The van der Waals surface area contributed by atoms with E-state index in [9.17, 15) is 0 Å². The van der Waals surface area contributed by atoms with Gasteiger partial charge < -0.3 is 10.1 Å². The van der Waals surface area contributed by atoms with E-state index in [0.717, 1.165) is 31.7 Å². The lowest BCUT2D eigenvalue weighted by molar-refractivity contribution is 0.304. The Kier molecular flexibility index (Phi) is 10.8. The highest BCUT2D eigenvalue weighted by molar-refractivity contribution is 5.29. The lowest BCUT2D eigenvalue weighted by Gasteiger charge is -2.17. The Bertz CT molecular complexity index is 360. The highest BCUT2D eigenvalue weighted by Gasteiger charge is 2.08. The summed E-state index contributed by atoms with van der Waals surface area (Å²) in [5.74, 6) is 1.00. The van der Waals surface area contributed by atoms with Crippen molar-refractivity contribution in [3.8, 4) is 5.75 Å². The molecule has 0 saturated heterocycles. The molecule has 1 aromatic rings. The minimum Gasteiger partial charge on any atom is -0.494 e. The normalized spacial score (nSPS) is 12.3. The predicted octanol–water partition coefficient (Wildman–Crippen LogP) is 5.88. The Balaban J connectivity index is 2.31. The van der Waals surface area contributed by atoms with Gasteiger partial charge in [-0.2, -0.15) is 0 Å².